The van der Waals surface area contributed by atoms with Crippen molar-refractivity contribution in [3.63, 3.8) is 0 Å². The van der Waals surface area contributed by atoms with Gasteiger partial charge < -0.3 is 24.6 Å². The maximum absolute atomic E-state index is 13.2. The summed E-state index contributed by atoms with van der Waals surface area (Å²) in [6.07, 6.45) is 1.46. The lowest BCUT2D eigenvalue weighted by atomic mass is 9.79. The highest BCUT2D eigenvalue weighted by molar-refractivity contribution is 6.05. The lowest BCUT2D eigenvalue weighted by Crippen LogP contribution is -2.65. The quantitative estimate of drug-likeness (QED) is 0.632. The Balaban J connectivity index is 1.97. The number of amides is 1. The molecule has 1 aliphatic heterocycles. The molecule has 0 unspecified atom stereocenters. The maximum Gasteiger partial charge on any atom is 0.335 e. The van der Waals surface area contributed by atoms with Crippen molar-refractivity contribution in [1.82, 2.24) is 4.90 Å². The Hall–Kier alpha value is -3.16. The van der Waals surface area contributed by atoms with Crippen LogP contribution in [0.25, 0.3) is 0 Å². The Morgan fingerprint density at radius 3 is 2.29 bits per heavy atom. The second kappa shape index (κ2) is 8.91. The number of hydrogen-bond acceptors (Lipinski definition) is 5. The number of ether oxygens (including phenoxy) is 2. The van der Waals surface area contributed by atoms with Gasteiger partial charge in [0.25, 0.3) is 5.91 Å². The molecule has 1 heterocycles. The van der Waals surface area contributed by atoms with E-state index in [1.807, 2.05) is 30.3 Å². The molecule has 0 aliphatic carbocycles. The molecule has 0 radical (unpaired) electrons. The number of allylic oxidation sites excluding steroid dienone is 1. The van der Waals surface area contributed by atoms with E-state index in [-0.39, 0.29) is 25.3 Å². The standard InChI is InChI=1S/C24H27NO6/c1-4-20-21(26)25(14-17-10-12-19(30-3)13-11-17)24(22(27)28,23(20,2)29)16-31-15-18-8-6-5-7-9-18/h4-13,29H,14-16H2,1-3H3,(H,27,28)/t23-,24-/m0/s1. The molecule has 1 fully saturated rings. The number of carbonyl (C=O) groups is 2. The van der Waals surface area contributed by atoms with E-state index in [4.69, 9.17) is 9.47 Å². The number of hydrogen-bond donors (Lipinski definition) is 2. The molecular formula is C24H27NO6. The van der Waals surface area contributed by atoms with E-state index >= 15 is 0 Å². The highest BCUT2D eigenvalue weighted by Gasteiger charge is 2.67. The summed E-state index contributed by atoms with van der Waals surface area (Å²) in [7, 11) is 1.55. The van der Waals surface area contributed by atoms with Gasteiger partial charge in [-0.05, 0) is 37.1 Å². The first kappa shape index (κ1) is 22.5. The second-order valence-electron chi connectivity index (χ2n) is 7.66. The fourth-order valence-electron chi connectivity index (χ4n) is 4.03. The predicted octanol–water partition coefficient (Wildman–Crippen LogP) is 2.77. The van der Waals surface area contributed by atoms with Crippen LogP contribution in [-0.2, 0) is 27.5 Å². The number of methoxy groups -OCH3 is 1. The van der Waals surface area contributed by atoms with Crippen molar-refractivity contribution in [2.75, 3.05) is 13.7 Å². The first-order valence-corrected chi connectivity index (χ1v) is 9.97. The van der Waals surface area contributed by atoms with Gasteiger partial charge in [0.05, 0.1) is 20.3 Å². The van der Waals surface area contributed by atoms with Crippen molar-refractivity contribution < 1.29 is 29.3 Å². The van der Waals surface area contributed by atoms with E-state index in [0.717, 1.165) is 5.56 Å². The predicted molar refractivity (Wildman–Crippen MR) is 114 cm³/mol. The number of carboxylic acids is 1. The minimum Gasteiger partial charge on any atom is -0.497 e. The van der Waals surface area contributed by atoms with E-state index in [0.29, 0.717) is 11.3 Å². The first-order chi connectivity index (χ1) is 14.8. The Bertz CT molecular complexity index is 967. The first-order valence-electron chi connectivity index (χ1n) is 9.97. The molecule has 2 aromatic carbocycles. The molecule has 2 atom stereocenters. The Labute approximate surface area is 181 Å². The Kier molecular flexibility index (Phi) is 6.48. The van der Waals surface area contributed by atoms with Crippen LogP contribution in [0, 0.1) is 0 Å². The molecule has 7 heteroatoms. The lowest BCUT2D eigenvalue weighted by molar-refractivity contribution is -0.173. The minimum absolute atomic E-state index is 0.00266. The SMILES string of the molecule is CC=C1C(=O)N(Cc2ccc(OC)cc2)[C@@](COCc2ccccc2)(C(=O)O)[C@@]1(C)O. The van der Waals surface area contributed by atoms with Gasteiger partial charge in [0, 0.05) is 12.1 Å². The molecule has 1 amide bonds. The molecular weight excluding hydrogens is 398 g/mol. The molecule has 3 rings (SSSR count). The number of likely N-dealkylation sites (tertiary alicyclic amines) is 1. The second-order valence-corrected chi connectivity index (χ2v) is 7.66. The number of benzene rings is 2. The van der Waals surface area contributed by atoms with Gasteiger partial charge in [-0.15, -0.1) is 0 Å². The Morgan fingerprint density at radius 2 is 1.74 bits per heavy atom. The fraction of sp³-hybridized carbons (Fsp3) is 0.333. The zero-order chi connectivity index (χ0) is 22.6. The average Bonchev–Trinajstić information content (AvgIpc) is 2.92. The molecule has 31 heavy (non-hydrogen) atoms. The van der Waals surface area contributed by atoms with E-state index in [1.165, 1.54) is 17.9 Å². The van der Waals surface area contributed by atoms with Crippen LogP contribution in [0.5, 0.6) is 5.75 Å². The van der Waals surface area contributed by atoms with Gasteiger partial charge in [-0.1, -0.05) is 48.5 Å². The number of aliphatic hydroxyl groups is 1. The fourth-order valence-corrected chi connectivity index (χ4v) is 4.03. The number of carbonyl (C=O) groups excluding carboxylic acids is 1. The van der Waals surface area contributed by atoms with Gasteiger partial charge in [-0.25, -0.2) is 4.79 Å². The van der Waals surface area contributed by atoms with Crippen LogP contribution in [0.2, 0.25) is 0 Å². The van der Waals surface area contributed by atoms with Crippen LogP contribution in [0.4, 0.5) is 0 Å². The van der Waals surface area contributed by atoms with Gasteiger partial charge in [0.1, 0.15) is 11.4 Å². The topological polar surface area (TPSA) is 96.3 Å². The highest BCUT2D eigenvalue weighted by atomic mass is 16.5. The summed E-state index contributed by atoms with van der Waals surface area (Å²) in [4.78, 5) is 27.0. The van der Waals surface area contributed by atoms with Gasteiger partial charge in [-0.2, -0.15) is 0 Å². The molecule has 7 nitrogen and oxygen atoms in total. The Morgan fingerprint density at radius 1 is 1.10 bits per heavy atom. The molecule has 0 saturated carbocycles. The van der Waals surface area contributed by atoms with Crippen molar-refractivity contribution in [3.8, 4) is 5.75 Å². The third-order valence-electron chi connectivity index (χ3n) is 5.83. The van der Waals surface area contributed by atoms with E-state index in [9.17, 15) is 19.8 Å². The highest BCUT2D eigenvalue weighted by Crippen LogP contribution is 2.44. The third kappa shape index (κ3) is 3.94. The number of aliphatic carboxylic acids is 1. The van der Waals surface area contributed by atoms with Gasteiger partial charge in [-0.3, -0.25) is 4.79 Å². The maximum atomic E-state index is 13.2. The lowest BCUT2D eigenvalue weighted by Gasteiger charge is -2.41. The summed E-state index contributed by atoms with van der Waals surface area (Å²) >= 11 is 0. The van der Waals surface area contributed by atoms with Gasteiger partial charge in [0.2, 0.25) is 0 Å². The largest absolute Gasteiger partial charge is 0.497 e. The smallest absolute Gasteiger partial charge is 0.335 e. The van der Waals surface area contributed by atoms with Crippen LogP contribution in [0.15, 0.2) is 66.2 Å². The average molecular weight is 425 g/mol. The van der Waals surface area contributed by atoms with E-state index < -0.39 is 23.0 Å². The van der Waals surface area contributed by atoms with E-state index in [1.54, 1.807) is 38.3 Å². The van der Waals surface area contributed by atoms with Crippen molar-refractivity contribution in [3.05, 3.63) is 77.4 Å². The summed E-state index contributed by atoms with van der Waals surface area (Å²) in [5.41, 5.74) is -2.34. The summed E-state index contributed by atoms with van der Waals surface area (Å²) in [6, 6.07) is 16.3. The summed E-state index contributed by atoms with van der Waals surface area (Å²) < 4.78 is 10.9. The molecule has 2 N–H and O–H groups in total. The minimum atomic E-state index is -1.99. The zero-order valence-corrected chi connectivity index (χ0v) is 17.9. The number of nitrogens with zero attached hydrogens (tertiary/aromatic N) is 1. The molecule has 2 aromatic rings. The molecule has 0 aromatic heterocycles. The van der Waals surface area contributed by atoms with Crippen molar-refractivity contribution in [2.45, 2.75) is 38.1 Å². The van der Waals surface area contributed by atoms with Crippen molar-refractivity contribution in [2.24, 2.45) is 0 Å². The molecule has 0 spiro atoms. The third-order valence-corrected chi connectivity index (χ3v) is 5.83. The van der Waals surface area contributed by atoms with Crippen LogP contribution in [0.3, 0.4) is 0 Å². The summed E-state index contributed by atoms with van der Waals surface area (Å²) in [6.45, 7) is 2.74. The number of carboxylic acid groups (broad SMARTS) is 1. The van der Waals surface area contributed by atoms with Gasteiger partial charge >= 0.3 is 5.97 Å². The summed E-state index contributed by atoms with van der Waals surface area (Å²) in [5.74, 6) is -1.22. The normalized spacial score (nSPS) is 24.6. The monoisotopic (exact) mass is 425 g/mol. The van der Waals surface area contributed by atoms with Crippen molar-refractivity contribution in [1.29, 1.82) is 0 Å². The molecule has 164 valence electrons. The summed E-state index contributed by atoms with van der Waals surface area (Å²) in [5, 5.41) is 21.6. The molecule has 0 bridgehead atoms. The van der Waals surface area contributed by atoms with Crippen LogP contribution < -0.4 is 4.74 Å². The van der Waals surface area contributed by atoms with Crippen LogP contribution in [-0.4, -0.2) is 51.8 Å². The zero-order valence-electron chi connectivity index (χ0n) is 17.9. The van der Waals surface area contributed by atoms with Gasteiger partial charge in [0.15, 0.2) is 5.54 Å². The number of rotatable bonds is 8. The van der Waals surface area contributed by atoms with E-state index in [2.05, 4.69) is 0 Å². The molecule has 1 saturated heterocycles. The van der Waals surface area contributed by atoms with Crippen molar-refractivity contribution >= 4 is 11.9 Å². The van der Waals surface area contributed by atoms with Crippen LogP contribution in [0.1, 0.15) is 25.0 Å². The molecule has 1 aliphatic rings. The van der Waals surface area contributed by atoms with Crippen LogP contribution >= 0.6 is 0 Å².